The van der Waals surface area contributed by atoms with Crippen LogP contribution in [-0.4, -0.2) is 11.9 Å². The Morgan fingerprint density at radius 1 is 1.32 bits per heavy atom. The van der Waals surface area contributed by atoms with Crippen LogP contribution < -0.4 is 11.1 Å². The van der Waals surface area contributed by atoms with Gasteiger partial charge in [0.1, 0.15) is 0 Å². The molecule has 3 nitrogen and oxygen atoms in total. The molecule has 1 fully saturated rings. The molecule has 2 rings (SSSR count). The van der Waals surface area contributed by atoms with E-state index in [1.54, 1.807) is 0 Å². The molecule has 0 radical (unpaired) electrons. The predicted molar refractivity (Wildman–Crippen MR) is 79.1 cm³/mol. The van der Waals surface area contributed by atoms with Gasteiger partial charge < -0.3 is 11.1 Å². The molecule has 1 aliphatic rings. The Balaban J connectivity index is 2.06. The standard InChI is InChI=1S/C16H24N2O/c1-3-11-6-5-7-12(4-2)16(11)18-15(19)10-14(17)13-8-9-13/h5-7,13-14H,3-4,8-10,17H2,1-2H3,(H,18,19). The van der Waals surface area contributed by atoms with Crippen LogP contribution in [-0.2, 0) is 17.6 Å². The number of rotatable bonds is 6. The van der Waals surface area contributed by atoms with Crippen LogP contribution in [0.25, 0.3) is 0 Å². The van der Waals surface area contributed by atoms with E-state index in [0.29, 0.717) is 12.3 Å². The number of para-hydroxylation sites is 1. The number of aryl methyl sites for hydroxylation is 2. The van der Waals surface area contributed by atoms with E-state index in [0.717, 1.165) is 18.5 Å². The second-order valence-corrected chi connectivity index (χ2v) is 5.41. The van der Waals surface area contributed by atoms with Gasteiger partial charge in [-0.25, -0.2) is 0 Å². The molecular weight excluding hydrogens is 236 g/mol. The molecular formula is C16H24N2O. The lowest BCUT2D eigenvalue weighted by Crippen LogP contribution is -2.29. The second kappa shape index (κ2) is 6.20. The second-order valence-electron chi connectivity index (χ2n) is 5.41. The maximum atomic E-state index is 12.1. The Bertz CT molecular complexity index is 430. The Kier molecular flexibility index (Phi) is 4.59. The van der Waals surface area contributed by atoms with E-state index in [1.165, 1.54) is 24.0 Å². The van der Waals surface area contributed by atoms with E-state index in [2.05, 4.69) is 37.4 Å². The summed E-state index contributed by atoms with van der Waals surface area (Å²) >= 11 is 0. The van der Waals surface area contributed by atoms with Gasteiger partial charge >= 0.3 is 0 Å². The summed E-state index contributed by atoms with van der Waals surface area (Å²) in [7, 11) is 0. The Labute approximate surface area is 115 Å². The fourth-order valence-electron chi connectivity index (χ4n) is 2.50. The molecule has 1 aromatic rings. The van der Waals surface area contributed by atoms with Crippen molar-refractivity contribution in [1.82, 2.24) is 0 Å². The summed E-state index contributed by atoms with van der Waals surface area (Å²) in [4.78, 5) is 12.1. The lowest BCUT2D eigenvalue weighted by Gasteiger charge is -2.16. The molecule has 1 aromatic carbocycles. The lowest BCUT2D eigenvalue weighted by molar-refractivity contribution is -0.116. The Morgan fingerprint density at radius 2 is 1.89 bits per heavy atom. The molecule has 0 aromatic heterocycles. The third kappa shape index (κ3) is 3.57. The molecule has 19 heavy (non-hydrogen) atoms. The summed E-state index contributed by atoms with van der Waals surface area (Å²) in [6, 6.07) is 6.24. The molecule has 1 amide bonds. The number of carbonyl (C=O) groups is 1. The smallest absolute Gasteiger partial charge is 0.225 e. The van der Waals surface area contributed by atoms with Gasteiger partial charge in [-0.15, -0.1) is 0 Å². The van der Waals surface area contributed by atoms with Crippen molar-refractivity contribution < 1.29 is 4.79 Å². The zero-order valence-corrected chi connectivity index (χ0v) is 11.9. The van der Waals surface area contributed by atoms with Crippen LogP contribution in [0.5, 0.6) is 0 Å². The molecule has 1 saturated carbocycles. The van der Waals surface area contributed by atoms with Crippen molar-refractivity contribution >= 4 is 11.6 Å². The number of anilines is 1. The van der Waals surface area contributed by atoms with Crippen LogP contribution in [0.3, 0.4) is 0 Å². The highest BCUT2D eigenvalue weighted by molar-refractivity contribution is 5.92. The highest BCUT2D eigenvalue weighted by Gasteiger charge is 2.29. The molecule has 0 heterocycles. The quantitative estimate of drug-likeness (QED) is 0.826. The topological polar surface area (TPSA) is 55.1 Å². The van der Waals surface area contributed by atoms with Crippen LogP contribution in [0.15, 0.2) is 18.2 Å². The highest BCUT2D eigenvalue weighted by atomic mass is 16.1. The Morgan fingerprint density at radius 3 is 2.37 bits per heavy atom. The lowest BCUT2D eigenvalue weighted by atomic mass is 10.0. The highest BCUT2D eigenvalue weighted by Crippen LogP contribution is 2.33. The number of carbonyl (C=O) groups excluding carboxylic acids is 1. The Hall–Kier alpha value is -1.35. The maximum absolute atomic E-state index is 12.1. The molecule has 3 heteroatoms. The van der Waals surface area contributed by atoms with Gasteiger partial charge in [-0.2, -0.15) is 0 Å². The number of nitrogens with two attached hydrogens (primary N) is 1. The largest absolute Gasteiger partial charge is 0.327 e. The van der Waals surface area contributed by atoms with E-state index in [9.17, 15) is 4.79 Å². The summed E-state index contributed by atoms with van der Waals surface area (Å²) in [6.45, 7) is 4.22. The summed E-state index contributed by atoms with van der Waals surface area (Å²) in [5.41, 5.74) is 9.42. The molecule has 0 aliphatic heterocycles. The van der Waals surface area contributed by atoms with E-state index in [4.69, 9.17) is 5.73 Å². The first-order chi connectivity index (χ1) is 9.15. The monoisotopic (exact) mass is 260 g/mol. The number of hydrogen-bond acceptors (Lipinski definition) is 2. The van der Waals surface area contributed by atoms with Crippen molar-refractivity contribution in [3.05, 3.63) is 29.3 Å². The van der Waals surface area contributed by atoms with E-state index >= 15 is 0 Å². The molecule has 104 valence electrons. The van der Waals surface area contributed by atoms with Gasteiger partial charge in [-0.3, -0.25) is 4.79 Å². The van der Waals surface area contributed by atoms with Gasteiger partial charge in [0.25, 0.3) is 0 Å². The van der Waals surface area contributed by atoms with Gasteiger partial charge in [-0.1, -0.05) is 32.0 Å². The molecule has 1 unspecified atom stereocenters. The third-order valence-corrected chi connectivity index (χ3v) is 3.91. The summed E-state index contributed by atoms with van der Waals surface area (Å²) in [6.07, 6.45) is 4.66. The van der Waals surface area contributed by atoms with Crippen molar-refractivity contribution in [2.75, 3.05) is 5.32 Å². The fourth-order valence-corrected chi connectivity index (χ4v) is 2.50. The molecule has 0 spiro atoms. The predicted octanol–water partition coefficient (Wildman–Crippen LogP) is 2.88. The first-order valence-corrected chi connectivity index (χ1v) is 7.31. The van der Waals surface area contributed by atoms with E-state index in [1.807, 2.05) is 0 Å². The molecule has 0 bridgehead atoms. The van der Waals surface area contributed by atoms with Gasteiger partial charge in [0.15, 0.2) is 0 Å². The average molecular weight is 260 g/mol. The van der Waals surface area contributed by atoms with Gasteiger partial charge in [0.2, 0.25) is 5.91 Å². The zero-order chi connectivity index (χ0) is 13.8. The normalized spacial score (nSPS) is 16.2. The van der Waals surface area contributed by atoms with Gasteiger partial charge in [-0.05, 0) is 42.7 Å². The molecule has 3 N–H and O–H groups in total. The van der Waals surface area contributed by atoms with Crippen LogP contribution >= 0.6 is 0 Å². The van der Waals surface area contributed by atoms with E-state index < -0.39 is 0 Å². The van der Waals surface area contributed by atoms with Crippen molar-refractivity contribution in [1.29, 1.82) is 0 Å². The van der Waals surface area contributed by atoms with Crippen LogP contribution in [0.1, 0.15) is 44.2 Å². The van der Waals surface area contributed by atoms with Gasteiger partial charge in [0, 0.05) is 18.2 Å². The van der Waals surface area contributed by atoms with Crippen molar-refractivity contribution in [2.24, 2.45) is 11.7 Å². The minimum absolute atomic E-state index is 0.0267. The van der Waals surface area contributed by atoms with Crippen molar-refractivity contribution in [2.45, 2.75) is 52.0 Å². The fraction of sp³-hybridized carbons (Fsp3) is 0.562. The maximum Gasteiger partial charge on any atom is 0.225 e. The first kappa shape index (κ1) is 14.1. The SMILES string of the molecule is CCc1cccc(CC)c1NC(=O)CC(N)C1CC1. The summed E-state index contributed by atoms with van der Waals surface area (Å²) < 4.78 is 0. The molecule has 1 aliphatic carbocycles. The van der Waals surface area contributed by atoms with Crippen molar-refractivity contribution in [3.8, 4) is 0 Å². The van der Waals surface area contributed by atoms with Crippen LogP contribution in [0, 0.1) is 5.92 Å². The number of amides is 1. The summed E-state index contributed by atoms with van der Waals surface area (Å²) in [5.74, 6) is 0.618. The van der Waals surface area contributed by atoms with Crippen molar-refractivity contribution in [3.63, 3.8) is 0 Å². The third-order valence-electron chi connectivity index (χ3n) is 3.91. The van der Waals surface area contributed by atoms with Crippen LogP contribution in [0.2, 0.25) is 0 Å². The average Bonchev–Trinajstić information content (AvgIpc) is 3.23. The zero-order valence-electron chi connectivity index (χ0n) is 11.9. The minimum atomic E-state index is 0.0267. The summed E-state index contributed by atoms with van der Waals surface area (Å²) in [5, 5.41) is 3.08. The van der Waals surface area contributed by atoms with Crippen LogP contribution in [0.4, 0.5) is 5.69 Å². The first-order valence-electron chi connectivity index (χ1n) is 7.31. The van der Waals surface area contributed by atoms with Gasteiger partial charge in [0.05, 0.1) is 0 Å². The number of hydrogen-bond donors (Lipinski definition) is 2. The number of benzene rings is 1. The van der Waals surface area contributed by atoms with E-state index in [-0.39, 0.29) is 11.9 Å². The number of nitrogens with one attached hydrogen (secondary N) is 1. The minimum Gasteiger partial charge on any atom is -0.327 e. The molecule has 0 saturated heterocycles. The molecule has 1 atom stereocenters.